The van der Waals surface area contributed by atoms with E-state index in [4.69, 9.17) is 46.8 Å². The van der Waals surface area contributed by atoms with Crippen molar-refractivity contribution in [3.63, 3.8) is 0 Å². The van der Waals surface area contributed by atoms with Crippen molar-refractivity contribution in [1.29, 1.82) is 0 Å². The van der Waals surface area contributed by atoms with Crippen molar-refractivity contribution in [2.45, 2.75) is 238 Å². The Hall–Kier alpha value is -1.11. The minimum Gasteiger partial charge on any atom is -0.459 e. The molecule has 65 heavy (non-hydrogen) atoms. The third kappa shape index (κ3) is 15.0. The van der Waals surface area contributed by atoms with Gasteiger partial charge in [-0.15, -0.1) is 0 Å². The molecule has 0 saturated carbocycles. The van der Waals surface area contributed by atoms with E-state index in [1.807, 2.05) is 48.7 Å². The number of cyclic esters (lactones) is 1. The molecular weight excluding hydrogens is 873 g/mol. The average molecular weight is 965 g/mol. The van der Waals surface area contributed by atoms with E-state index in [2.05, 4.69) is 49.3 Å². The lowest BCUT2D eigenvalue weighted by Crippen LogP contribution is -2.62. The molecule has 16 nitrogen and oxygen atoms in total. The molecule has 0 bridgehead atoms. The summed E-state index contributed by atoms with van der Waals surface area (Å²) in [6, 6.07) is -0.0783. The minimum absolute atomic E-state index is 0.0346. The number of likely N-dealkylation sites (N-methyl/N-ethyl adjacent to an activating group) is 1. The Kier molecular flexibility index (Phi) is 20.0. The maximum atomic E-state index is 14.7. The first-order valence-corrected chi connectivity index (χ1v) is 30.7. The van der Waals surface area contributed by atoms with Crippen molar-refractivity contribution in [1.82, 2.24) is 4.90 Å². The van der Waals surface area contributed by atoms with Crippen LogP contribution in [0.15, 0.2) is 5.16 Å². The molecule has 0 spiro atoms. The van der Waals surface area contributed by atoms with E-state index in [0.717, 1.165) is 0 Å². The van der Waals surface area contributed by atoms with Crippen molar-refractivity contribution in [3.05, 3.63) is 0 Å². The highest BCUT2D eigenvalue weighted by Gasteiger charge is 2.55. The topological polar surface area (TPSA) is 186 Å². The highest BCUT2D eigenvalue weighted by Crippen LogP contribution is 2.42. The van der Waals surface area contributed by atoms with Crippen LogP contribution in [0.3, 0.4) is 0 Å². The van der Waals surface area contributed by atoms with E-state index in [1.165, 1.54) is 14.0 Å². The average Bonchev–Trinajstić information content (AvgIpc) is 3.17. The molecule has 18 heteroatoms. The van der Waals surface area contributed by atoms with Crippen LogP contribution in [0.2, 0.25) is 39.3 Å². The predicted molar refractivity (Wildman–Crippen MR) is 255 cm³/mol. The first kappa shape index (κ1) is 58.2. The summed E-state index contributed by atoms with van der Waals surface area (Å²) >= 11 is 0. The monoisotopic (exact) mass is 965 g/mol. The third-order valence-corrected chi connectivity index (χ3v) is 15.6. The van der Waals surface area contributed by atoms with E-state index in [-0.39, 0.29) is 31.4 Å². The fourth-order valence-electron chi connectivity index (χ4n) is 9.90. The number of ether oxygens (including phenoxy) is 7. The van der Waals surface area contributed by atoms with Gasteiger partial charge in [0.25, 0.3) is 0 Å². The Morgan fingerprint density at radius 1 is 0.846 bits per heavy atom. The Morgan fingerprint density at radius 3 is 1.94 bits per heavy atom. The second-order valence-corrected chi connectivity index (χ2v) is 31.6. The minimum atomic E-state index is -2.22. The predicted octanol–water partition coefficient (Wildman–Crippen LogP) is 6.69. The second kappa shape index (κ2) is 22.3. The van der Waals surface area contributed by atoms with Gasteiger partial charge in [0.05, 0.1) is 59.5 Å². The summed E-state index contributed by atoms with van der Waals surface area (Å²) in [6.07, 6.45) is -6.97. The van der Waals surface area contributed by atoms with Crippen molar-refractivity contribution >= 4 is 28.3 Å². The summed E-state index contributed by atoms with van der Waals surface area (Å²) in [7, 11) is 2.90. The number of hydrogen-bond donors (Lipinski definition) is 3. The Labute approximate surface area is 394 Å². The highest BCUT2D eigenvalue weighted by atomic mass is 28.4. The van der Waals surface area contributed by atoms with E-state index >= 15 is 0 Å². The summed E-state index contributed by atoms with van der Waals surface area (Å²) in [6.45, 7) is 34.2. The largest absolute Gasteiger partial charge is 0.459 e. The molecule has 0 radical (unpaired) electrons. The van der Waals surface area contributed by atoms with Crippen LogP contribution in [-0.2, 0) is 51.6 Å². The number of rotatable bonds is 14. The van der Waals surface area contributed by atoms with Crippen LogP contribution in [0.5, 0.6) is 0 Å². The van der Waals surface area contributed by atoms with E-state index in [1.54, 1.807) is 48.7 Å². The second-order valence-electron chi connectivity index (χ2n) is 22.7. The summed E-state index contributed by atoms with van der Waals surface area (Å²) in [5, 5.41) is 42.0. The van der Waals surface area contributed by atoms with E-state index in [9.17, 15) is 20.1 Å². The van der Waals surface area contributed by atoms with Gasteiger partial charge in [0, 0.05) is 58.3 Å². The lowest BCUT2D eigenvalue weighted by molar-refractivity contribution is -0.315. The smallest absolute Gasteiger partial charge is 0.311 e. The van der Waals surface area contributed by atoms with E-state index < -0.39 is 124 Å². The number of esters is 1. The number of hydrogen-bond acceptors (Lipinski definition) is 16. The lowest BCUT2D eigenvalue weighted by Gasteiger charge is -2.51. The van der Waals surface area contributed by atoms with E-state index in [0.29, 0.717) is 12.1 Å². The molecule has 0 aromatic heterocycles. The first-order chi connectivity index (χ1) is 29.5. The van der Waals surface area contributed by atoms with Gasteiger partial charge in [-0.3, -0.25) is 4.79 Å². The van der Waals surface area contributed by atoms with Crippen LogP contribution in [0, 0.1) is 23.7 Å². The normalized spacial score (nSPS) is 43.0. The van der Waals surface area contributed by atoms with Gasteiger partial charge >= 0.3 is 5.97 Å². The van der Waals surface area contributed by atoms with Crippen LogP contribution >= 0.6 is 0 Å². The maximum absolute atomic E-state index is 14.7. The van der Waals surface area contributed by atoms with Crippen molar-refractivity contribution in [2.75, 3.05) is 28.3 Å². The number of carbonyl (C=O) groups is 1. The third-order valence-electron chi connectivity index (χ3n) is 13.6. The molecule has 3 fully saturated rings. The molecule has 3 aliphatic heterocycles. The molecule has 0 amide bonds. The first-order valence-electron chi connectivity index (χ1n) is 23.9. The number of aliphatic hydroxyl groups is 3. The summed E-state index contributed by atoms with van der Waals surface area (Å²) in [4.78, 5) is 22.8. The van der Waals surface area contributed by atoms with Gasteiger partial charge in [0.1, 0.15) is 17.8 Å². The van der Waals surface area contributed by atoms with Crippen LogP contribution in [0.25, 0.3) is 0 Å². The quantitative estimate of drug-likeness (QED) is 0.0724. The number of methoxy groups -OCH3 is 2. The van der Waals surface area contributed by atoms with Crippen molar-refractivity contribution in [2.24, 2.45) is 28.8 Å². The molecule has 3 heterocycles. The van der Waals surface area contributed by atoms with Crippen molar-refractivity contribution in [3.8, 4) is 0 Å². The van der Waals surface area contributed by atoms with Gasteiger partial charge < -0.3 is 67.1 Å². The Bertz CT molecular complexity index is 1550. The molecular formula is C47H92N2O14Si2. The fourth-order valence-corrected chi connectivity index (χ4v) is 12.2. The molecule has 3 aliphatic rings. The Morgan fingerprint density at radius 2 is 1.43 bits per heavy atom. The zero-order chi connectivity index (χ0) is 50.0. The van der Waals surface area contributed by atoms with Gasteiger partial charge in [-0.25, -0.2) is 0 Å². The van der Waals surface area contributed by atoms with Gasteiger partial charge in [-0.2, -0.15) is 0 Å². The molecule has 3 saturated heterocycles. The van der Waals surface area contributed by atoms with Crippen LogP contribution in [0.1, 0.15) is 109 Å². The van der Waals surface area contributed by atoms with Crippen LogP contribution < -0.4 is 0 Å². The molecule has 3 rings (SSSR count). The molecule has 0 unspecified atom stereocenters. The molecule has 0 aromatic rings. The van der Waals surface area contributed by atoms with Crippen LogP contribution in [-0.4, -0.2) is 167 Å². The van der Waals surface area contributed by atoms with Crippen molar-refractivity contribution < 1.29 is 67.0 Å². The maximum Gasteiger partial charge on any atom is 0.311 e. The number of aliphatic hydroxyl groups excluding tert-OH is 1. The van der Waals surface area contributed by atoms with Gasteiger partial charge in [-0.1, -0.05) is 32.9 Å². The van der Waals surface area contributed by atoms with Gasteiger partial charge in [-0.05, 0) is 114 Å². The molecule has 0 aromatic carbocycles. The standard InChI is InChI=1S/C47H92N2O14Si2/c1-23-34-47(12,53)39(50)29(4)36(48-63-44(8,9)54-15)27(2)25-45(10,52)40(60-43-38(61-64(17,18)19)33(49(13)14)24-28(3)56-43)30(5)37(31(6)42(51)58-34)59-35-26-46(11,55-16)41(32(7)57-35)62-65(20,21)22/h27-35,37-41,43,50,52-53H,23-26H2,1-22H3/b48-36-/t27-,28+,29+,30-,31+,32-,33-,34-,35+,37+,38+,39+,40-,41-,43+,45+,46+,47+/m0/s1. The van der Waals surface area contributed by atoms with Crippen LogP contribution in [0.4, 0.5) is 0 Å². The Balaban J connectivity index is 2.35. The van der Waals surface area contributed by atoms with Gasteiger partial charge in [0.2, 0.25) is 5.79 Å². The zero-order valence-corrected chi connectivity index (χ0v) is 46.2. The highest BCUT2D eigenvalue weighted by molar-refractivity contribution is 6.70. The molecule has 18 atom stereocenters. The zero-order valence-electron chi connectivity index (χ0n) is 44.2. The molecule has 0 aliphatic carbocycles. The number of oxime groups is 1. The lowest BCUT2D eigenvalue weighted by atomic mass is 9.73. The number of carbonyl (C=O) groups excluding carboxylic acids is 1. The molecule has 382 valence electrons. The van der Waals surface area contributed by atoms with Gasteiger partial charge in [0.15, 0.2) is 29.2 Å². The summed E-state index contributed by atoms with van der Waals surface area (Å²) in [5.74, 6) is -5.02. The summed E-state index contributed by atoms with van der Waals surface area (Å²) in [5.41, 5.74) is -4.12. The number of nitrogens with zero attached hydrogens (tertiary/aromatic N) is 2. The fraction of sp³-hybridized carbons (Fsp3) is 0.957. The summed E-state index contributed by atoms with van der Waals surface area (Å²) < 4.78 is 59.1. The molecule has 3 N–H and O–H groups in total. The SMILES string of the molecule is CC[C@@H]1OC(=O)[C@H](C)[C@H](O[C@@H]2C[C@@](C)(OC)[C@@H](O[Si](C)(C)C)[C@H](C)O2)[C@H](C)[C@H](O[C@H]2O[C@H](C)C[C@H](N(C)C)[C@H]2O[Si](C)(C)C)[C@](C)(O)C[C@H](C)/C(=N/OC(C)(C)OC)[C@@H](C)[C@@H](O)[C@]1(C)O.